The zero-order valence-corrected chi connectivity index (χ0v) is 23.8. The maximum Gasteiger partial charge on any atom is 0.338 e. The van der Waals surface area contributed by atoms with Crippen LogP contribution < -0.4 is 14.2 Å². The van der Waals surface area contributed by atoms with Gasteiger partial charge in [0.1, 0.15) is 6.61 Å². The van der Waals surface area contributed by atoms with Crippen LogP contribution >= 0.6 is 15.9 Å². The Bertz CT molecular complexity index is 1050. The Kier molecular flexibility index (Phi) is 13.6. The van der Waals surface area contributed by atoms with E-state index >= 15 is 0 Å². The van der Waals surface area contributed by atoms with Crippen molar-refractivity contribution in [2.75, 3.05) is 0 Å². The molecule has 0 N–H and O–H groups in total. The molecule has 38 heavy (non-hydrogen) atoms. The van der Waals surface area contributed by atoms with Gasteiger partial charge in [-0.2, -0.15) is 0 Å². The monoisotopic (exact) mass is 590 g/mol. The smallest absolute Gasteiger partial charge is 0.338 e. The Labute approximate surface area is 232 Å². The van der Waals surface area contributed by atoms with E-state index in [0.717, 1.165) is 29.3 Å². The van der Waals surface area contributed by atoms with Gasteiger partial charge in [-0.15, -0.1) is 0 Å². The summed E-state index contributed by atoms with van der Waals surface area (Å²) in [6, 6.07) is 9.79. The third-order valence-electron chi connectivity index (χ3n) is 5.41. The lowest BCUT2D eigenvalue weighted by atomic mass is 10.1. The number of carbonyl (C=O) groups excluding carboxylic acids is 4. The molecule has 0 aliphatic rings. The average Bonchev–Trinajstić information content (AvgIpc) is 2.90. The first kappa shape index (κ1) is 31.0. The summed E-state index contributed by atoms with van der Waals surface area (Å²) in [4.78, 5) is 50.4. The van der Waals surface area contributed by atoms with E-state index in [1.807, 2.05) is 32.9 Å². The molecule has 0 saturated heterocycles. The van der Waals surface area contributed by atoms with Crippen molar-refractivity contribution in [3.63, 3.8) is 0 Å². The molecule has 8 nitrogen and oxygen atoms in total. The lowest BCUT2D eigenvalue weighted by Gasteiger charge is -2.16. The van der Waals surface area contributed by atoms with Crippen molar-refractivity contribution in [2.45, 2.75) is 85.2 Å². The molecule has 0 aliphatic heterocycles. The molecule has 2 aromatic rings. The van der Waals surface area contributed by atoms with E-state index in [0.29, 0.717) is 19.3 Å². The first-order chi connectivity index (χ1) is 18.3. The van der Waals surface area contributed by atoms with Crippen molar-refractivity contribution >= 4 is 39.8 Å². The minimum Gasteiger partial charge on any atom is -0.457 e. The highest BCUT2D eigenvalue weighted by Gasteiger charge is 2.25. The molecule has 0 saturated carbocycles. The summed E-state index contributed by atoms with van der Waals surface area (Å²) in [6.45, 7) is 5.80. The first-order valence-corrected chi connectivity index (χ1v) is 13.8. The number of hydrogen-bond acceptors (Lipinski definition) is 8. The van der Waals surface area contributed by atoms with E-state index < -0.39 is 23.9 Å². The van der Waals surface area contributed by atoms with Gasteiger partial charge in [0.2, 0.25) is 5.75 Å². The van der Waals surface area contributed by atoms with Crippen LogP contribution in [0.15, 0.2) is 40.9 Å². The second-order valence-corrected chi connectivity index (χ2v) is 9.65. The van der Waals surface area contributed by atoms with Gasteiger partial charge in [0.25, 0.3) is 0 Å². The maximum atomic E-state index is 13.0. The van der Waals surface area contributed by atoms with Gasteiger partial charge in [0, 0.05) is 23.7 Å². The van der Waals surface area contributed by atoms with Gasteiger partial charge in [0.05, 0.1) is 5.56 Å². The van der Waals surface area contributed by atoms with Crippen LogP contribution in [-0.4, -0.2) is 23.9 Å². The number of halogens is 1. The van der Waals surface area contributed by atoms with Gasteiger partial charge in [0.15, 0.2) is 11.5 Å². The Hall–Kier alpha value is -3.20. The van der Waals surface area contributed by atoms with Crippen LogP contribution in [0.25, 0.3) is 0 Å². The van der Waals surface area contributed by atoms with Gasteiger partial charge < -0.3 is 18.9 Å². The van der Waals surface area contributed by atoms with Crippen LogP contribution in [0.5, 0.6) is 17.2 Å². The molecule has 206 valence electrons. The molecule has 0 atom stereocenters. The fourth-order valence-electron chi connectivity index (χ4n) is 3.24. The number of benzene rings is 2. The molecule has 0 radical (unpaired) electrons. The number of carbonyl (C=O) groups is 4. The molecule has 0 fully saturated rings. The van der Waals surface area contributed by atoms with Crippen molar-refractivity contribution in [3.8, 4) is 17.2 Å². The zero-order valence-electron chi connectivity index (χ0n) is 22.2. The highest BCUT2D eigenvalue weighted by molar-refractivity contribution is 9.10. The molecule has 2 rings (SSSR count). The zero-order chi connectivity index (χ0) is 27.9. The summed E-state index contributed by atoms with van der Waals surface area (Å²) in [7, 11) is 0. The molecule has 0 spiro atoms. The van der Waals surface area contributed by atoms with Gasteiger partial charge >= 0.3 is 23.9 Å². The molecule has 0 unspecified atom stereocenters. The van der Waals surface area contributed by atoms with E-state index in [4.69, 9.17) is 18.9 Å². The quantitative estimate of drug-likeness (QED) is 0.160. The summed E-state index contributed by atoms with van der Waals surface area (Å²) < 4.78 is 22.8. The predicted molar refractivity (Wildman–Crippen MR) is 145 cm³/mol. The van der Waals surface area contributed by atoms with Crippen LogP contribution in [0.1, 0.15) is 94.5 Å². The summed E-state index contributed by atoms with van der Waals surface area (Å²) in [6.07, 6.45) is 4.49. The van der Waals surface area contributed by atoms with E-state index in [9.17, 15) is 19.2 Å². The number of hydrogen-bond donors (Lipinski definition) is 0. The first-order valence-electron chi connectivity index (χ1n) is 13.0. The number of rotatable bonds is 15. The second kappa shape index (κ2) is 16.6. The fourth-order valence-corrected chi connectivity index (χ4v) is 3.50. The number of ether oxygens (including phenoxy) is 4. The largest absolute Gasteiger partial charge is 0.457 e. The predicted octanol–water partition coefficient (Wildman–Crippen LogP) is 7.09. The highest BCUT2D eigenvalue weighted by atomic mass is 79.9. The topological polar surface area (TPSA) is 105 Å². The van der Waals surface area contributed by atoms with Gasteiger partial charge in [-0.1, -0.05) is 68.1 Å². The highest BCUT2D eigenvalue weighted by Crippen LogP contribution is 2.40. The van der Waals surface area contributed by atoms with E-state index in [1.165, 1.54) is 12.1 Å². The Morgan fingerprint density at radius 3 is 1.58 bits per heavy atom. The SMILES string of the molecule is CCCCC(=O)Oc1cc(C(=O)OCc2ccc(Br)cc2)cc(OC(=O)CCCC)c1OC(=O)CCCC. The Balaban J connectivity index is 2.43. The van der Waals surface area contributed by atoms with E-state index in [1.54, 1.807) is 12.1 Å². The molecule has 9 heteroatoms. The van der Waals surface area contributed by atoms with Gasteiger partial charge in [-0.25, -0.2) is 4.79 Å². The normalized spacial score (nSPS) is 10.5. The van der Waals surface area contributed by atoms with Gasteiger partial charge in [-0.05, 0) is 49.1 Å². The van der Waals surface area contributed by atoms with Crippen LogP contribution in [-0.2, 0) is 25.7 Å². The minimum absolute atomic E-state index is 0.00287. The average molecular weight is 591 g/mol. The number of unbranched alkanes of at least 4 members (excludes halogenated alkanes) is 3. The van der Waals surface area contributed by atoms with Gasteiger partial charge in [-0.3, -0.25) is 14.4 Å². The molecule has 2 aromatic carbocycles. The van der Waals surface area contributed by atoms with Crippen molar-refractivity contribution in [1.82, 2.24) is 0 Å². The molecule has 0 heterocycles. The summed E-state index contributed by atoms with van der Waals surface area (Å²) in [5, 5.41) is 0. The molecule has 0 aromatic heterocycles. The van der Waals surface area contributed by atoms with Crippen molar-refractivity contribution in [2.24, 2.45) is 0 Å². The van der Waals surface area contributed by atoms with Crippen molar-refractivity contribution < 1.29 is 38.1 Å². The Morgan fingerprint density at radius 2 is 1.13 bits per heavy atom. The summed E-state index contributed by atoms with van der Waals surface area (Å²) in [5.74, 6) is -3.03. The summed E-state index contributed by atoms with van der Waals surface area (Å²) in [5.41, 5.74) is 0.743. The van der Waals surface area contributed by atoms with Crippen LogP contribution in [0.3, 0.4) is 0 Å². The minimum atomic E-state index is -0.728. The molecular formula is C29H35BrO8. The van der Waals surface area contributed by atoms with E-state index in [2.05, 4.69) is 15.9 Å². The van der Waals surface area contributed by atoms with E-state index in [-0.39, 0.29) is 48.7 Å². The molecular weight excluding hydrogens is 556 g/mol. The van der Waals surface area contributed by atoms with Crippen molar-refractivity contribution in [1.29, 1.82) is 0 Å². The Morgan fingerprint density at radius 1 is 0.684 bits per heavy atom. The standard InChI is InChI=1S/C29H35BrO8/c1-4-7-10-25(31)36-23-17-21(29(34)35-19-20-13-15-22(30)16-14-20)18-24(37-26(32)11-8-5-2)28(23)38-27(33)12-9-6-3/h13-18H,4-12,19H2,1-3H3. The lowest BCUT2D eigenvalue weighted by molar-refractivity contribution is -0.138. The summed E-state index contributed by atoms with van der Waals surface area (Å²) >= 11 is 3.36. The third kappa shape index (κ3) is 10.7. The molecule has 0 aliphatic carbocycles. The second-order valence-electron chi connectivity index (χ2n) is 8.74. The van der Waals surface area contributed by atoms with Crippen LogP contribution in [0.2, 0.25) is 0 Å². The third-order valence-corrected chi connectivity index (χ3v) is 5.94. The molecule has 0 bridgehead atoms. The van der Waals surface area contributed by atoms with Crippen LogP contribution in [0.4, 0.5) is 0 Å². The van der Waals surface area contributed by atoms with Crippen molar-refractivity contribution in [3.05, 3.63) is 52.0 Å². The lowest BCUT2D eigenvalue weighted by Crippen LogP contribution is -2.16. The number of esters is 4. The molecule has 0 amide bonds. The maximum absolute atomic E-state index is 13.0. The van der Waals surface area contributed by atoms with Crippen LogP contribution in [0, 0.1) is 0 Å². The fraction of sp³-hybridized carbons (Fsp3) is 0.448.